The fourth-order valence-corrected chi connectivity index (χ4v) is 3.03. The van der Waals surface area contributed by atoms with Gasteiger partial charge < -0.3 is 5.73 Å². The van der Waals surface area contributed by atoms with Crippen molar-refractivity contribution in [3.05, 3.63) is 33.8 Å². The summed E-state index contributed by atoms with van der Waals surface area (Å²) in [6, 6.07) is 4.00. The summed E-state index contributed by atoms with van der Waals surface area (Å²) in [6.07, 6.45) is -0.0660. The molecule has 1 aliphatic rings. The summed E-state index contributed by atoms with van der Waals surface area (Å²) in [7, 11) is 0. The summed E-state index contributed by atoms with van der Waals surface area (Å²) < 4.78 is 38.5. The summed E-state index contributed by atoms with van der Waals surface area (Å²) in [6.45, 7) is 0. The van der Waals surface area contributed by atoms with Gasteiger partial charge >= 0.3 is 6.18 Å². The third-order valence-electron chi connectivity index (χ3n) is 3.59. The number of alkyl halides is 3. The van der Waals surface area contributed by atoms with Crippen molar-refractivity contribution in [1.29, 1.82) is 0 Å². The van der Waals surface area contributed by atoms with Crippen LogP contribution >= 0.6 is 15.9 Å². The van der Waals surface area contributed by atoms with E-state index >= 15 is 0 Å². The van der Waals surface area contributed by atoms with Crippen molar-refractivity contribution in [1.82, 2.24) is 0 Å². The summed E-state index contributed by atoms with van der Waals surface area (Å²) in [5.41, 5.74) is 6.02. The highest BCUT2D eigenvalue weighted by atomic mass is 79.9. The van der Waals surface area contributed by atoms with Crippen LogP contribution in [0.3, 0.4) is 0 Å². The largest absolute Gasteiger partial charge is 0.417 e. The monoisotopic (exact) mass is 321 g/mol. The molecule has 0 amide bonds. The van der Waals surface area contributed by atoms with Gasteiger partial charge in [0.05, 0.1) is 5.56 Å². The van der Waals surface area contributed by atoms with E-state index in [4.69, 9.17) is 5.73 Å². The normalized spacial score (nSPS) is 19.2. The molecule has 2 rings (SSSR count). The van der Waals surface area contributed by atoms with Crippen LogP contribution < -0.4 is 5.73 Å². The van der Waals surface area contributed by atoms with Crippen LogP contribution in [0.15, 0.2) is 22.7 Å². The van der Waals surface area contributed by atoms with Crippen molar-refractivity contribution in [3.8, 4) is 0 Å². The van der Waals surface area contributed by atoms with Crippen molar-refractivity contribution >= 4 is 15.9 Å². The lowest BCUT2D eigenvalue weighted by Crippen LogP contribution is -2.20. The van der Waals surface area contributed by atoms with Crippen LogP contribution in [0.4, 0.5) is 13.2 Å². The van der Waals surface area contributed by atoms with E-state index in [0.29, 0.717) is 11.5 Å². The molecule has 18 heavy (non-hydrogen) atoms. The molecule has 2 N–H and O–H groups in total. The van der Waals surface area contributed by atoms with Gasteiger partial charge in [-0.1, -0.05) is 34.8 Å². The number of nitrogens with two attached hydrogens (primary N) is 1. The standard InChI is InChI=1S/C13H15BrF3N/c14-11-6-5-9(7-10(11)13(15,16)17)12(18)8-3-1-2-4-8/h5-8,12H,1-4,18H2. The minimum absolute atomic E-state index is 0.0670. The van der Waals surface area contributed by atoms with E-state index in [9.17, 15) is 13.2 Å². The van der Waals surface area contributed by atoms with Crippen molar-refractivity contribution in [2.45, 2.75) is 37.9 Å². The Bertz CT molecular complexity index is 425. The van der Waals surface area contributed by atoms with Gasteiger partial charge in [0.2, 0.25) is 0 Å². The Kier molecular flexibility index (Phi) is 4.02. The van der Waals surface area contributed by atoms with Crippen molar-refractivity contribution in [2.24, 2.45) is 11.7 Å². The fraction of sp³-hybridized carbons (Fsp3) is 0.538. The predicted octanol–water partition coefficient (Wildman–Crippen LogP) is 4.66. The first kappa shape index (κ1) is 13.9. The molecule has 0 heterocycles. The highest BCUT2D eigenvalue weighted by molar-refractivity contribution is 9.10. The van der Waals surface area contributed by atoms with Gasteiger partial charge in [-0.15, -0.1) is 0 Å². The van der Waals surface area contributed by atoms with E-state index < -0.39 is 11.7 Å². The smallest absolute Gasteiger partial charge is 0.324 e. The zero-order valence-corrected chi connectivity index (χ0v) is 11.4. The molecule has 0 saturated heterocycles. The van der Waals surface area contributed by atoms with Gasteiger partial charge in [0, 0.05) is 10.5 Å². The second-order valence-electron chi connectivity index (χ2n) is 4.81. The second kappa shape index (κ2) is 5.21. The molecule has 1 aromatic rings. The molecule has 5 heteroatoms. The lowest BCUT2D eigenvalue weighted by molar-refractivity contribution is -0.138. The molecule has 0 radical (unpaired) electrons. The molecular weight excluding hydrogens is 307 g/mol. The summed E-state index contributed by atoms with van der Waals surface area (Å²) >= 11 is 2.94. The van der Waals surface area contributed by atoms with Crippen LogP contribution in [0.5, 0.6) is 0 Å². The van der Waals surface area contributed by atoms with Gasteiger partial charge in [-0.2, -0.15) is 13.2 Å². The molecule has 0 bridgehead atoms. The van der Waals surface area contributed by atoms with Crippen molar-refractivity contribution in [2.75, 3.05) is 0 Å². The number of rotatable bonds is 2. The van der Waals surface area contributed by atoms with E-state index in [2.05, 4.69) is 15.9 Å². The molecule has 0 aliphatic heterocycles. The lowest BCUT2D eigenvalue weighted by atomic mass is 9.91. The number of hydrogen-bond acceptors (Lipinski definition) is 1. The maximum absolute atomic E-state index is 12.8. The molecule has 0 aromatic heterocycles. The highest BCUT2D eigenvalue weighted by Crippen LogP contribution is 2.39. The van der Waals surface area contributed by atoms with Crippen LogP contribution in [-0.4, -0.2) is 0 Å². The fourth-order valence-electron chi connectivity index (χ4n) is 2.56. The Morgan fingerprint density at radius 3 is 2.39 bits per heavy atom. The first-order valence-electron chi connectivity index (χ1n) is 6.02. The second-order valence-corrected chi connectivity index (χ2v) is 5.66. The summed E-state index contributed by atoms with van der Waals surface area (Å²) in [5.74, 6) is 0.312. The first-order valence-corrected chi connectivity index (χ1v) is 6.81. The highest BCUT2D eigenvalue weighted by Gasteiger charge is 2.34. The Morgan fingerprint density at radius 2 is 1.83 bits per heavy atom. The number of halogens is 4. The van der Waals surface area contributed by atoms with Crippen LogP contribution in [0.25, 0.3) is 0 Å². The number of hydrogen-bond donors (Lipinski definition) is 1. The van der Waals surface area contributed by atoms with E-state index in [1.165, 1.54) is 12.1 Å². The maximum Gasteiger partial charge on any atom is 0.417 e. The van der Waals surface area contributed by atoms with E-state index in [1.54, 1.807) is 6.07 Å². The molecule has 1 aliphatic carbocycles. The van der Waals surface area contributed by atoms with Gasteiger partial charge in [0.25, 0.3) is 0 Å². The van der Waals surface area contributed by atoms with Gasteiger partial charge in [0.1, 0.15) is 0 Å². The topological polar surface area (TPSA) is 26.0 Å². The molecule has 100 valence electrons. The minimum Gasteiger partial charge on any atom is -0.324 e. The van der Waals surface area contributed by atoms with Crippen LogP contribution in [-0.2, 0) is 6.18 Å². The van der Waals surface area contributed by atoms with Crippen molar-refractivity contribution in [3.63, 3.8) is 0 Å². The Labute approximate surface area is 113 Å². The van der Waals surface area contributed by atoms with Crippen LogP contribution in [0, 0.1) is 5.92 Å². The zero-order valence-electron chi connectivity index (χ0n) is 9.80. The van der Waals surface area contributed by atoms with Crippen LogP contribution in [0.2, 0.25) is 0 Å². The molecule has 0 spiro atoms. The van der Waals surface area contributed by atoms with Crippen molar-refractivity contribution < 1.29 is 13.2 Å². The van der Waals surface area contributed by atoms with Gasteiger partial charge in [-0.25, -0.2) is 0 Å². The third kappa shape index (κ3) is 2.88. The molecule has 1 atom stereocenters. The molecule has 1 unspecified atom stereocenters. The molecule has 1 aromatic carbocycles. The van der Waals surface area contributed by atoms with Gasteiger partial charge in [-0.05, 0) is 36.5 Å². The Morgan fingerprint density at radius 1 is 1.22 bits per heavy atom. The average Bonchev–Trinajstić information content (AvgIpc) is 2.80. The summed E-state index contributed by atoms with van der Waals surface area (Å²) in [5, 5.41) is 0. The minimum atomic E-state index is -4.34. The van der Waals surface area contributed by atoms with Gasteiger partial charge in [0.15, 0.2) is 0 Å². The quantitative estimate of drug-likeness (QED) is 0.842. The Balaban J connectivity index is 2.28. The SMILES string of the molecule is NC(c1ccc(Br)c(C(F)(F)F)c1)C1CCCC1. The predicted molar refractivity (Wildman–Crippen MR) is 68.0 cm³/mol. The molecule has 1 saturated carbocycles. The average molecular weight is 322 g/mol. The number of benzene rings is 1. The maximum atomic E-state index is 12.8. The van der Waals surface area contributed by atoms with Gasteiger partial charge in [-0.3, -0.25) is 0 Å². The Hall–Kier alpha value is -0.550. The zero-order chi connectivity index (χ0) is 13.3. The lowest BCUT2D eigenvalue weighted by Gasteiger charge is -2.21. The summed E-state index contributed by atoms with van der Waals surface area (Å²) in [4.78, 5) is 0. The molecule has 1 nitrogen and oxygen atoms in total. The first-order chi connectivity index (χ1) is 8.39. The third-order valence-corrected chi connectivity index (χ3v) is 4.28. The van der Waals surface area contributed by atoms with Crippen LogP contribution in [0.1, 0.15) is 42.9 Å². The van der Waals surface area contributed by atoms with E-state index in [0.717, 1.165) is 25.7 Å². The van der Waals surface area contributed by atoms with E-state index in [1.807, 2.05) is 0 Å². The molecule has 1 fully saturated rings. The molecular formula is C13H15BrF3N. The van der Waals surface area contributed by atoms with E-state index in [-0.39, 0.29) is 10.5 Å².